The Kier molecular flexibility index (Phi) is 5.25. The zero-order chi connectivity index (χ0) is 12.0. The molecule has 1 rings (SSSR count). The normalized spacial score (nSPS) is 21.5. The van der Waals surface area contributed by atoms with Crippen molar-refractivity contribution in [3.05, 3.63) is 0 Å². The number of piperidine rings is 1. The van der Waals surface area contributed by atoms with E-state index in [9.17, 15) is 9.59 Å². The highest BCUT2D eigenvalue weighted by molar-refractivity contribution is 6.32. The molecule has 0 radical (unpaired) electrons. The summed E-state index contributed by atoms with van der Waals surface area (Å²) in [6.45, 7) is 6.88. The Bertz CT molecular complexity index is 256. The van der Waals surface area contributed by atoms with E-state index in [2.05, 4.69) is 21.9 Å². The van der Waals surface area contributed by atoms with Gasteiger partial charge in [-0.1, -0.05) is 6.92 Å². The molecule has 0 aromatic rings. The van der Waals surface area contributed by atoms with Gasteiger partial charge in [0.25, 0.3) is 0 Å². The highest BCUT2D eigenvalue weighted by Gasteiger charge is 2.23. The Balaban J connectivity index is 2.35. The molecule has 0 aromatic heterocycles. The molecule has 1 aliphatic heterocycles. The fraction of sp³-hybridized carbons (Fsp3) is 0.818. The molecule has 1 aliphatic rings. The molecule has 16 heavy (non-hydrogen) atoms. The summed E-state index contributed by atoms with van der Waals surface area (Å²) in [7, 11) is 0. The van der Waals surface area contributed by atoms with E-state index >= 15 is 0 Å². The molecule has 92 valence electrons. The summed E-state index contributed by atoms with van der Waals surface area (Å²) in [5.41, 5.74) is 0. The highest BCUT2D eigenvalue weighted by Crippen LogP contribution is 2.09. The van der Waals surface area contributed by atoms with Gasteiger partial charge in [0.05, 0.1) is 6.61 Å². The second-order valence-corrected chi connectivity index (χ2v) is 3.93. The first-order chi connectivity index (χ1) is 7.67. The molecule has 1 atom stereocenters. The van der Waals surface area contributed by atoms with Gasteiger partial charge in [-0.15, -0.1) is 0 Å². The predicted molar refractivity (Wildman–Crippen MR) is 59.9 cm³/mol. The van der Waals surface area contributed by atoms with Crippen molar-refractivity contribution in [3.8, 4) is 0 Å². The molecule has 1 fully saturated rings. The lowest BCUT2D eigenvalue weighted by atomic mass is 10.1. The second-order valence-electron chi connectivity index (χ2n) is 3.93. The average molecular weight is 228 g/mol. The number of nitrogens with one attached hydrogen (secondary N) is 1. The van der Waals surface area contributed by atoms with Crippen molar-refractivity contribution < 1.29 is 14.3 Å². The van der Waals surface area contributed by atoms with Crippen LogP contribution in [0.5, 0.6) is 0 Å². The van der Waals surface area contributed by atoms with Crippen LogP contribution in [0.15, 0.2) is 0 Å². The highest BCUT2D eigenvalue weighted by atomic mass is 16.5. The van der Waals surface area contributed by atoms with E-state index in [0.717, 1.165) is 32.5 Å². The monoisotopic (exact) mass is 228 g/mol. The fourth-order valence-corrected chi connectivity index (χ4v) is 1.90. The van der Waals surface area contributed by atoms with Crippen molar-refractivity contribution in [1.29, 1.82) is 0 Å². The Labute approximate surface area is 96.1 Å². The summed E-state index contributed by atoms with van der Waals surface area (Å²) in [5.74, 6) is -1.40. The van der Waals surface area contributed by atoms with Gasteiger partial charge in [0.1, 0.15) is 0 Å². The second kappa shape index (κ2) is 6.48. The van der Waals surface area contributed by atoms with Crippen LogP contribution in [-0.4, -0.2) is 49.1 Å². The van der Waals surface area contributed by atoms with Crippen LogP contribution in [-0.2, 0) is 14.3 Å². The molecule has 1 N–H and O–H groups in total. The minimum Gasteiger partial charge on any atom is -0.459 e. The maximum absolute atomic E-state index is 11.4. The number of likely N-dealkylation sites (N-methyl/N-ethyl adjacent to an activating group) is 1. The van der Waals surface area contributed by atoms with Gasteiger partial charge in [0.15, 0.2) is 0 Å². The maximum Gasteiger partial charge on any atom is 0.396 e. The van der Waals surface area contributed by atoms with Gasteiger partial charge >= 0.3 is 11.9 Å². The maximum atomic E-state index is 11.4. The summed E-state index contributed by atoms with van der Waals surface area (Å²) in [6, 6.07) is 0.0746. The zero-order valence-electron chi connectivity index (χ0n) is 9.99. The number of likely N-dealkylation sites (tertiary alicyclic amines) is 1. The summed E-state index contributed by atoms with van der Waals surface area (Å²) in [4.78, 5) is 24.8. The molecular weight excluding hydrogens is 208 g/mol. The standard InChI is InChI=1S/C11H20N2O3/c1-3-13-7-5-6-9(8-13)12-10(14)11(15)16-4-2/h9H,3-8H2,1-2H3,(H,12,14). The Morgan fingerprint density at radius 1 is 1.44 bits per heavy atom. The average Bonchev–Trinajstić information content (AvgIpc) is 2.29. The van der Waals surface area contributed by atoms with Crippen molar-refractivity contribution in [2.24, 2.45) is 0 Å². The predicted octanol–water partition coefficient (Wildman–Crippen LogP) is 0.150. The molecule has 1 heterocycles. The van der Waals surface area contributed by atoms with E-state index in [4.69, 9.17) is 0 Å². The summed E-state index contributed by atoms with van der Waals surface area (Å²) >= 11 is 0. The van der Waals surface area contributed by atoms with Gasteiger partial charge in [-0.3, -0.25) is 4.79 Å². The lowest BCUT2D eigenvalue weighted by Gasteiger charge is -2.31. The van der Waals surface area contributed by atoms with E-state index in [1.807, 2.05) is 0 Å². The minimum absolute atomic E-state index is 0.0746. The smallest absolute Gasteiger partial charge is 0.396 e. The number of amides is 1. The summed E-state index contributed by atoms with van der Waals surface area (Å²) in [5, 5.41) is 2.71. The van der Waals surface area contributed by atoms with E-state index in [1.54, 1.807) is 6.92 Å². The number of nitrogens with zero attached hydrogens (tertiary/aromatic N) is 1. The van der Waals surface area contributed by atoms with E-state index in [-0.39, 0.29) is 12.6 Å². The van der Waals surface area contributed by atoms with E-state index in [1.165, 1.54) is 0 Å². The molecule has 0 saturated carbocycles. The first-order valence-corrected chi connectivity index (χ1v) is 5.87. The molecule has 1 saturated heterocycles. The van der Waals surface area contributed by atoms with Crippen LogP contribution in [0.2, 0.25) is 0 Å². The number of rotatable bonds is 3. The molecule has 1 unspecified atom stereocenters. The van der Waals surface area contributed by atoms with Crippen molar-refractivity contribution in [2.45, 2.75) is 32.7 Å². The van der Waals surface area contributed by atoms with Crippen LogP contribution in [0.3, 0.4) is 0 Å². The first-order valence-electron chi connectivity index (χ1n) is 5.87. The van der Waals surface area contributed by atoms with E-state index < -0.39 is 11.9 Å². The number of hydrogen-bond acceptors (Lipinski definition) is 4. The largest absolute Gasteiger partial charge is 0.459 e. The number of ether oxygens (including phenoxy) is 1. The molecule has 1 amide bonds. The Hall–Kier alpha value is -1.10. The quantitative estimate of drug-likeness (QED) is 0.552. The van der Waals surface area contributed by atoms with E-state index in [0.29, 0.717) is 0 Å². The lowest BCUT2D eigenvalue weighted by Crippen LogP contribution is -2.49. The Morgan fingerprint density at radius 3 is 2.81 bits per heavy atom. The number of carbonyl (C=O) groups excluding carboxylic acids is 2. The van der Waals surface area contributed by atoms with Crippen molar-refractivity contribution in [1.82, 2.24) is 10.2 Å². The number of esters is 1. The van der Waals surface area contributed by atoms with Crippen LogP contribution >= 0.6 is 0 Å². The molecular formula is C11H20N2O3. The van der Waals surface area contributed by atoms with Gasteiger partial charge < -0.3 is 15.0 Å². The van der Waals surface area contributed by atoms with Crippen LogP contribution in [0, 0.1) is 0 Å². The number of carbonyl (C=O) groups is 2. The van der Waals surface area contributed by atoms with Crippen molar-refractivity contribution in [3.63, 3.8) is 0 Å². The van der Waals surface area contributed by atoms with Gasteiger partial charge in [-0.2, -0.15) is 0 Å². The Morgan fingerprint density at radius 2 is 2.19 bits per heavy atom. The van der Waals surface area contributed by atoms with Gasteiger partial charge in [-0.25, -0.2) is 4.79 Å². The van der Waals surface area contributed by atoms with Gasteiger partial charge in [0.2, 0.25) is 0 Å². The van der Waals surface area contributed by atoms with Gasteiger partial charge in [-0.05, 0) is 32.9 Å². The first kappa shape index (κ1) is 13.0. The summed E-state index contributed by atoms with van der Waals surface area (Å²) in [6.07, 6.45) is 1.99. The third-order valence-electron chi connectivity index (χ3n) is 2.75. The molecule has 5 heteroatoms. The van der Waals surface area contributed by atoms with Gasteiger partial charge in [0, 0.05) is 12.6 Å². The third kappa shape index (κ3) is 3.81. The topological polar surface area (TPSA) is 58.6 Å². The van der Waals surface area contributed by atoms with Crippen LogP contribution < -0.4 is 5.32 Å². The number of hydrogen-bond donors (Lipinski definition) is 1. The van der Waals surface area contributed by atoms with Crippen LogP contribution in [0.1, 0.15) is 26.7 Å². The fourth-order valence-electron chi connectivity index (χ4n) is 1.90. The SMILES string of the molecule is CCOC(=O)C(=O)NC1CCCN(CC)C1. The zero-order valence-corrected chi connectivity index (χ0v) is 9.99. The molecule has 0 bridgehead atoms. The lowest BCUT2D eigenvalue weighted by molar-refractivity contribution is -0.155. The minimum atomic E-state index is -0.781. The van der Waals surface area contributed by atoms with Crippen molar-refractivity contribution >= 4 is 11.9 Å². The molecule has 5 nitrogen and oxygen atoms in total. The molecule has 0 aliphatic carbocycles. The van der Waals surface area contributed by atoms with Crippen LogP contribution in [0.4, 0.5) is 0 Å². The van der Waals surface area contributed by atoms with Crippen molar-refractivity contribution in [2.75, 3.05) is 26.2 Å². The summed E-state index contributed by atoms with van der Waals surface area (Å²) < 4.78 is 4.63. The molecule has 0 aromatic carbocycles. The molecule has 0 spiro atoms. The van der Waals surface area contributed by atoms with Crippen LogP contribution in [0.25, 0.3) is 0 Å². The third-order valence-corrected chi connectivity index (χ3v) is 2.75.